The number of hydrogen-bond acceptors (Lipinski definition) is 15. The van der Waals surface area contributed by atoms with Crippen LogP contribution in [0.25, 0.3) is 0 Å². The average molecular weight is 1370 g/mol. The van der Waals surface area contributed by atoms with E-state index in [0.29, 0.717) is 31.6 Å². The molecule has 0 bridgehead atoms. The lowest BCUT2D eigenvalue weighted by Gasteiger charge is -2.21. The summed E-state index contributed by atoms with van der Waals surface area (Å²) in [6.07, 6.45) is 55.8. The summed E-state index contributed by atoms with van der Waals surface area (Å²) in [6.45, 7) is 7.17. The Morgan fingerprint density at radius 1 is 0.290 bits per heavy atom. The number of carbonyl (C=O) groups excluding carboxylic acids is 4. The number of unbranched alkanes of at least 4 members (excludes halogenated alkanes) is 46. The zero-order valence-corrected chi connectivity index (χ0v) is 62.2. The van der Waals surface area contributed by atoms with Gasteiger partial charge in [-0.3, -0.25) is 37.3 Å². The minimum atomic E-state index is -4.95. The standard InChI is InChI=1S/C74H144O17P2/c1-6-9-12-15-18-21-23-25-27-28-29-30-31-33-35-37-40-43-49-54-59-73(78)90-69(63-85-72(77)58-53-48-42-39-36-34-32-26-24-22-19-16-13-10-7-2)65-88-92(80,81)86-61-68(75)62-87-93(82,83)89-66-70(91-74(79)60-55-50-45-44-46-51-56-67(4)5)64-84-71(76)57-52-47-41-38-20-17-14-11-8-3/h67-70,75H,6-66H2,1-5H3,(H,80,81)(H,82,83)/t68-,69-,70-/m1/s1. The van der Waals surface area contributed by atoms with Crippen molar-refractivity contribution in [1.82, 2.24) is 0 Å². The van der Waals surface area contributed by atoms with Gasteiger partial charge in [-0.15, -0.1) is 0 Å². The van der Waals surface area contributed by atoms with E-state index in [1.54, 1.807) is 0 Å². The van der Waals surface area contributed by atoms with E-state index < -0.39 is 97.5 Å². The van der Waals surface area contributed by atoms with Crippen LogP contribution in [0.2, 0.25) is 0 Å². The highest BCUT2D eigenvalue weighted by atomic mass is 31.2. The van der Waals surface area contributed by atoms with Crippen LogP contribution in [0.3, 0.4) is 0 Å². The summed E-state index contributed by atoms with van der Waals surface area (Å²) < 4.78 is 68.3. The van der Waals surface area contributed by atoms with Gasteiger partial charge < -0.3 is 33.8 Å². The van der Waals surface area contributed by atoms with Crippen molar-refractivity contribution in [3.05, 3.63) is 0 Å². The Balaban J connectivity index is 5.18. The number of hydrogen-bond donors (Lipinski definition) is 3. The number of phosphoric ester groups is 2. The Hall–Kier alpha value is -1.94. The molecule has 0 aromatic heterocycles. The Labute approximate surface area is 568 Å². The molecule has 0 fully saturated rings. The van der Waals surface area contributed by atoms with E-state index >= 15 is 0 Å². The highest BCUT2D eigenvalue weighted by Crippen LogP contribution is 2.45. The van der Waals surface area contributed by atoms with Crippen LogP contribution in [-0.4, -0.2) is 96.7 Å². The molecule has 0 rings (SSSR count). The summed E-state index contributed by atoms with van der Waals surface area (Å²) in [6, 6.07) is 0. The molecule has 0 aliphatic rings. The topological polar surface area (TPSA) is 237 Å². The van der Waals surface area contributed by atoms with E-state index in [-0.39, 0.29) is 25.7 Å². The monoisotopic (exact) mass is 1370 g/mol. The van der Waals surface area contributed by atoms with Gasteiger partial charge in [-0.25, -0.2) is 9.13 Å². The van der Waals surface area contributed by atoms with Crippen LogP contribution in [0.4, 0.5) is 0 Å². The second-order valence-electron chi connectivity index (χ2n) is 27.2. The third-order valence-electron chi connectivity index (χ3n) is 17.3. The van der Waals surface area contributed by atoms with Crippen LogP contribution in [0.1, 0.15) is 388 Å². The maximum Gasteiger partial charge on any atom is 0.472 e. The predicted octanol–water partition coefficient (Wildman–Crippen LogP) is 21.7. The molecule has 0 spiro atoms. The van der Waals surface area contributed by atoms with Gasteiger partial charge in [0.25, 0.3) is 0 Å². The van der Waals surface area contributed by atoms with Crippen molar-refractivity contribution in [3.63, 3.8) is 0 Å². The highest BCUT2D eigenvalue weighted by Gasteiger charge is 2.30. The van der Waals surface area contributed by atoms with E-state index in [2.05, 4.69) is 34.6 Å². The lowest BCUT2D eigenvalue weighted by Crippen LogP contribution is -2.30. The fraction of sp³-hybridized carbons (Fsp3) is 0.946. The summed E-state index contributed by atoms with van der Waals surface area (Å²) in [4.78, 5) is 72.6. The molecular weight excluding hydrogens is 1220 g/mol. The zero-order chi connectivity index (χ0) is 68.4. The molecule has 0 heterocycles. The summed E-state index contributed by atoms with van der Waals surface area (Å²) in [5.41, 5.74) is 0. The maximum atomic E-state index is 13.1. The molecule has 3 N–H and O–H groups in total. The van der Waals surface area contributed by atoms with Crippen LogP contribution < -0.4 is 0 Å². The van der Waals surface area contributed by atoms with Gasteiger partial charge in [0.15, 0.2) is 12.2 Å². The van der Waals surface area contributed by atoms with Crippen molar-refractivity contribution in [2.75, 3.05) is 39.6 Å². The van der Waals surface area contributed by atoms with Gasteiger partial charge in [0.2, 0.25) is 0 Å². The minimum Gasteiger partial charge on any atom is -0.462 e. The van der Waals surface area contributed by atoms with Gasteiger partial charge in [0, 0.05) is 25.7 Å². The Bertz CT molecular complexity index is 1790. The number of rotatable bonds is 74. The summed E-state index contributed by atoms with van der Waals surface area (Å²) in [5, 5.41) is 10.6. The van der Waals surface area contributed by atoms with Crippen LogP contribution in [0, 0.1) is 5.92 Å². The molecule has 0 aliphatic carbocycles. The van der Waals surface area contributed by atoms with Gasteiger partial charge in [-0.2, -0.15) is 0 Å². The minimum absolute atomic E-state index is 0.103. The van der Waals surface area contributed by atoms with Crippen LogP contribution in [-0.2, 0) is 65.4 Å². The summed E-state index contributed by atoms with van der Waals surface area (Å²) >= 11 is 0. The molecule has 5 atom stereocenters. The SMILES string of the molecule is CCCCCCCCCCCCCCCCCCCCCCC(=O)O[C@H](COC(=O)CCCCCCCCCCCCCCCCC)COP(=O)(O)OC[C@@H](O)COP(=O)(O)OC[C@@H](COC(=O)CCCCCCCCCCC)OC(=O)CCCCCCCCC(C)C. The molecular formula is C74H144O17P2. The van der Waals surface area contributed by atoms with Crippen molar-refractivity contribution < 1.29 is 80.2 Å². The largest absolute Gasteiger partial charge is 0.472 e. The van der Waals surface area contributed by atoms with Gasteiger partial charge in [-0.05, 0) is 31.6 Å². The Kier molecular flexibility index (Phi) is 65.9. The van der Waals surface area contributed by atoms with E-state index in [4.69, 9.17) is 37.0 Å². The summed E-state index contributed by atoms with van der Waals surface area (Å²) in [5.74, 6) is -1.45. The fourth-order valence-corrected chi connectivity index (χ4v) is 12.9. The van der Waals surface area contributed by atoms with Crippen molar-refractivity contribution in [1.29, 1.82) is 0 Å². The number of aliphatic hydroxyl groups excluding tert-OH is 1. The number of aliphatic hydroxyl groups is 1. The number of esters is 4. The smallest absolute Gasteiger partial charge is 0.462 e. The third-order valence-corrected chi connectivity index (χ3v) is 19.2. The molecule has 17 nitrogen and oxygen atoms in total. The first-order chi connectivity index (χ1) is 45.0. The zero-order valence-electron chi connectivity index (χ0n) is 60.4. The van der Waals surface area contributed by atoms with Crippen molar-refractivity contribution in [2.45, 2.75) is 406 Å². The second-order valence-corrected chi connectivity index (χ2v) is 30.1. The third kappa shape index (κ3) is 68.4. The van der Waals surface area contributed by atoms with E-state index in [0.717, 1.165) is 89.9 Å². The van der Waals surface area contributed by atoms with Crippen LogP contribution in [0.5, 0.6) is 0 Å². The van der Waals surface area contributed by atoms with Gasteiger partial charge >= 0.3 is 39.5 Å². The van der Waals surface area contributed by atoms with Gasteiger partial charge in [0.1, 0.15) is 19.3 Å². The molecule has 2 unspecified atom stereocenters. The van der Waals surface area contributed by atoms with Crippen molar-refractivity contribution in [3.8, 4) is 0 Å². The molecule has 0 saturated carbocycles. The average Bonchev–Trinajstić information content (AvgIpc) is 2.30. The maximum absolute atomic E-state index is 13.1. The molecule has 0 amide bonds. The lowest BCUT2D eigenvalue weighted by molar-refractivity contribution is -0.161. The first kappa shape index (κ1) is 91.1. The van der Waals surface area contributed by atoms with Crippen LogP contribution >= 0.6 is 15.6 Å². The molecule has 0 radical (unpaired) electrons. The Morgan fingerprint density at radius 2 is 0.495 bits per heavy atom. The molecule has 552 valence electrons. The van der Waals surface area contributed by atoms with E-state index in [1.165, 1.54) is 212 Å². The fourth-order valence-electron chi connectivity index (χ4n) is 11.4. The Morgan fingerprint density at radius 3 is 0.731 bits per heavy atom. The summed E-state index contributed by atoms with van der Waals surface area (Å²) in [7, 11) is -9.90. The molecule has 0 aliphatic heterocycles. The van der Waals surface area contributed by atoms with E-state index in [9.17, 15) is 43.2 Å². The van der Waals surface area contributed by atoms with Gasteiger partial charge in [-0.1, -0.05) is 336 Å². The van der Waals surface area contributed by atoms with Crippen molar-refractivity contribution >= 4 is 39.5 Å². The number of ether oxygens (including phenoxy) is 4. The predicted molar refractivity (Wildman–Crippen MR) is 377 cm³/mol. The van der Waals surface area contributed by atoms with Crippen molar-refractivity contribution in [2.24, 2.45) is 5.92 Å². The molecule has 0 saturated heterocycles. The molecule has 0 aromatic rings. The van der Waals surface area contributed by atoms with Gasteiger partial charge in [0.05, 0.1) is 26.4 Å². The molecule has 93 heavy (non-hydrogen) atoms. The second kappa shape index (κ2) is 67.3. The van der Waals surface area contributed by atoms with Crippen LogP contribution in [0.15, 0.2) is 0 Å². The highest BCUT2D eigenvalue weighted by molar-refractivity contribution is 7.47. The first-order valence-corrected chi connectivity index (χ1v) is 41.6. The number of carbonyl (C=O) groups is 4. The molecule has 19 heteroatoms. The van der Waals surface area contributed by atoms with E-state index in [1.807, 2.05) is 0 Å². The quantitative estimate of drug-likeness (QED) is 0.0222. The lowest BCUT2D eigenvalue weighted by atomic mass is 10.0. The first-order valence-electron chi connectivity index (χ1n) is 38.6. The normalized spacial score (nSPS) is 14.0. The molecule has 0 aromatic carbocycles. The number of phosphoric acid groups is 2.